The number of ether oxygens (including phenoxy) is 3. The van der Waals surface area contributed by atoms with Gasteiger partial charge in [0.1, 0.15) is 23.8 Å². The maximum atomic E-state index is 13.8. The molecule has 0 bridgehead atoms. The second kappa shape index (κ2) is 14.7. The standard InChI is InChI=1S/C29H45N2O6P/c1-9-19(4)27-17-24(12-13-28(27)32)16-26-20(5)14-25(15-21(26)6)37-18-38(34,31-23(8)35-10-2)30-22(7)29(33)36-11-3/h12-15,17,19,22-23,32H,9-11,16,18H2,1-8H3,(H2,30,31,34)/t19?,22-,23+,38?/m0/s1. The molecule has 0 heterocycles. The smallest absolute Gasteiger partial charge is 0.323 e. The van der Waals surface area contributed by atoms with Crippen molar-refractivity contribution in [2.75, 3.05) is 19.6 Å². The Kier molecular flexibility index (Phi) is 12.3. The number of phenols is 1. The number of carbonyl (C=O) groups is 1. The minimum atomic E-state index is -3.40. The van der Waals surface area contributed by atoms with Crippen LogP contribution in [0.4, 0.5) is 0 Å². The molecule has 2 unspecified atom stereocenters. The molecule has 0 amide bonds. The summed E-state index contributed by atoms with van der Waals surface area (Å²) >= 11 is 0. The number of hydrogen-bond donors (Lipinski definition) is 3. The second-order valence-electron chi connectivity index (χ2n) is 9.76. The lowest BCUT2D eigenvalue weighted by atomic mass is 9.91. The van der Waals surface area contributed by atoms with Crippen molar-refractivity contribution in [1.82, 2.24) is 10.2 Å². The Morgan fingerprint density at radius 3 is 2.24 bits per heavy atom. The molecular formula is C29H45N2O6P. The van der Waals surface area contributed by atoms with Gasteiger partial charge in [0, 0.05) is 6.61 Å². The summed E-state index contributed by atoms with van der Waals surface area (Å²) in [5.74, 6) is 0.720. The summed E-state index contributed by atoms with van der Waals surface area (Å²) in [6, 6.07) is 8.90. The van der Waals surface area contributed by atoms with Gasteiger partial charge in [0.05, 0.1) is 6.61 Å². The highest BCUT2D eigenvalue weighted by molar-refractivity contribution is 7.59. The third-order valence-electron chi connectivity index (χ3n) is 6.55. The van der Waals surface area contributed by atoms with Crippen LogP contribution in [0.2, 0.25) is 0 Å². The van der Waals surface area contributed by atoms with Crippen molar-refractivity contribution in [1.29, 1.82) is 0 Å². The lowest BCUT2D eigenvalue weighted by Crippen LogP contribution is -2.41. The summed E-state index contributed by atoms with van der Waals surface area (Å²) in [7, 11) is -3.40. The van der Waals surface area contributed by atoms with Gasteiger partial charge in [0.15, 0.2) is 6.35 Å². The Bertz CT molecular complexity index is 1100. The molecule has 2 aromatic rings. The van der Waals surface area contributed by atoms with Gasteiger partial charge < -0.3 is 19.3 Å². The molecule has 3 N–H and O–H groups in total. The third-order valence-corrected chi connectivity index (χ3v) is 8.63. The minimum absolute atomic E-state index is 0.178. The summed E-state index contributed by atoms with van der Waals surface area (Å²) < 4.78 is 30.3. The van der Waals surface area contributed by atoms with Gasteiger partial charge in [-0.3, -0.25) is 9.36 Å². The molecule has 0 saturated heterocycles. The van der Waals surface area contributed by atoms with Gasteiger partial charge in [0.2, 0.25) is 0 Å². The van der Waals surface area contributed by atoms with E-state index in [-0.39, 0.29) is 18.9 Å². The van der Waals surface area contributed by atoms with Crippen LogP contribution in [0.25, 0.3) is 0 Å². The van der Waals surface area contributed by atoms with Crippen LogP contribution >= 0.6 is 7.44 Å². The topological polar surface area (TPSA) is 106 Å². The highest BCUT2D eigenvalue weighted by Crippen LogP contribution is 2.39. The first-order valence-corrected chi connectivity index (χ1v) is 15.3. The number of nitrogens with one attached hydrogen (secondary N) is 2. The van der Waals surface area contributed by atoms with E-state index in [0.717, 1.165) is 35.1 Å². The number of phenolic OH excluding ortho intramolecular Hbond substituents is 1. The van der Waals surface area contributed by atoms with Gasteiger partial charge in [-0.2, -0.15) is 0 Å². The molecule has 0 aromatic heterocycles. The van der Waals surface area contributed by atoms with Crippen LogP contribution in [0.1, 0.15) is 81.7 Å². The van der Waals surface area contributed by atoms with E-state index in [1.54, 1.807) is 26.8 Å². The van der Waals surface area contributed by atoms with Crippen molar-refractivity contribution < 1.29 is 28.7 Å². The zero-order chi connectivity index (χ0) is 28.5. The molecule has 0 aliphatic carbocycles. The highest BCUT2D eigenvalue weighted by atomic mass is 31.2. The molecule has 0 fully saturated rings. The first-order valence-electron chi connectivity index (χ1n) is 13.4. The predicted octanol–water partition coefficient (Wildman–Crippen LogP) is 6.16. The third kappa shape index (κ3) is 9.12. The number of esters is 1. The van der Waals surface area contributed by atoms with Crippen molar-refractivity contribution in [2.45, 2.75) is 86.4 Å². The van der Waals surface area contributed by atoms with E-state index in [1.807, 2.05) is 39.0 Å². The highest BCUT2D eigenvalue weighted by Gasteiger charge is 2.30. The summed E-state index contributed by atoms with van der Waals surface area (Å²) in [6.07, 6.45) is 0.999. The quantitative estimate of drug-likeness (QED) is 0.138. The van der Waals surface area contributed by atoms with E-state index in [2.05, 4.69) is 30.1 Å². The molecule has 2 aromatic carbocycles. The number of benzene rings is 2. The summed E-state index contributed by atoms with van der Waals surface area (Å²) in [5.41, 5.74) is 5.38. The maximum absolute atomic E-state index is 13.8. The Hall–Kier alpha value is -2.38. The van der Waals surface area contributed by atoms with Crippen molar-refractivity contribution >= 4 is 13.4 Å². The molecule has 8 nitrogen and oxygen atoms in total. The molecule has 212 valence electrons. The van der Waals surface area contributed by atoms with Crippen molar-refractivity contribution in [3.63, 3.8) is 0 Å². The van der Waals surface area contributed by atoms with E-state index in [4.69, 9.17) is 14.2 Å². The maximum Gasteiger partial charge on any atom is 0.323 e. The molecule has 4 atom stereocenters. The monoisotopic (exact) mass is 548 g/mol. The van der Waals surface area contributed by atoms with Crippen molar-refractivity contribution in [3.8, 4) is 11.5 Å². The van der Waals surface area contributed by atoms with E-state index < -0.39 is 25.7 Å². The lowest BCUT2D eigenvalue weighted by Gasteiger charge is -2.27. The molecule has 0 radical (unpaired) electrons. The van der Waals surface area contributed by atoms with Gasteiger partial charge in [0.25, 0.3) is 7.44 Å². The molecule has 0 aliphatic heterocycles. The average Bonchev–Trinajstić information content (AvgIpc) is 2.85. The summed E-state index contributed by atoms with van der Waals surface area (Å²) in [6.45, 7) is 15.9. The van der Waals surface area contributed by atoms with E-state index in [0.29, 0.717) is 18.1 Å². The number of aromatic hydroxyl groups is 1. The van der Waals surface area contributed by atoms with E-state index >= 15 is 0 Å². The van der Waals surface area contributed by atoms with Crippen molar-refractivity contribution in [2.24, 2.45) is 0 Å². The SMILES string of the molecule is CCOC(=O)[C@H](C)NP(=O)(COc1cc(C)c(Cc2ccc(O)c(C(C)CC)c2)c(C)c1)N[C@@H](C)OCC. The lowest BCUT2D eigenvalue weighted by molar-refractivity contribution is -0.144. The number of hydrogen-bond acceptors (Lipinski definition) is 6. The first-order chi connectivity index (χ1) is 17.9. The zero-order valence-electron chi connectivity index (χ0n) is 24.1. The summed E-state index contributed by atoms with van der Waals surface area (Å²) in [5, 5.41) is 16.1. The van der Waals surface area contributed by atoms with Crippen LogP contribution in [0.5, 0.6) is 11.5 Å². The van der Waals surface area contributed by atoms with E-state index in [9.17, 15) is 14.5 Å². The van der Waals surface area contributed by atoms with Gasteiger partial charge in [-0.25, -0.2) is 10.2 Å². The fourth-order valence-electron chi connectivity index (χ4n) is 4.34. The first kappa shape index (κ1) is 31.8. The van der Waals surface area contributed by atoms with Gasteiger partial charge >= 0.3 is 5.97 Å². The van der Waals surface area contributed by atoms with Crippen LogP contribution in [0.15, 0.2) is 30.3 Å². The zero-order valence-corrected chi connectivity index (χ0v) is 25.0. The Morgan fingerprint density at radius 1 is 1.00 bits per heavy atom. The van der Waals surface area contributed by atoms with Crippen LogP contribution in [-0.4, -0.2) is 42.9 Å². The second-order valence-corrected chi connectivity index (χ2v) is 12.0. The van der Waals surface area contributed by atoms with Gasteiger partial charge in [-0.15, -0.1) is 0 Å². The Balaban J connectivity index is 2.22. The largest absolute Gasteiger partial charge is 0.508 e. The van der Waals surface area contributed by atoms with Gasteiger partial charge in [-0.05, 0) is 106 Å². The molecular weight excluding hydrogens is 503 g/mol. The average molecular weight is 549 g/mol. The van der Waals surface area contributed by atoms with Crippen molar-refractivity contribution in [3.05, 3.63) is 58.1 Å². The van der Waals surface area contributed by atoms with Crippen LogP contribution in [-0.2, 0) is 25.3 Å². The molecule has 0 saturated carbocycles. The fourth-order valence-corrected chi connectivity index (χ4v) is 6.29. The fraction of sp³-hybridized carbons (Fsp3) is 0.552. The minimum Gasteiger partial charge on any atom is -0.508 e. The number of rotatable bonds is 15. The molecule has 2 rings (SSSR count). The number of carbonyl (C=O) groups excluding carboxylic acids is 1. The van der Waals surface area contributed by atoms with Gasteiger partial charge in [-0.1, -0.05) is 26.0 Å². The molecule has 9 heteroatoms. The van der Waals surface area contributed by atoms with Crippen LogP contribution in [0, 0.1) is 13.8 Å². The van der Waals surface area contributed by atoms with Crippen LogP contribution < -0.4 is 14.9 Å². The Morgan fingerprint density at radius 2 is 1.66 bits per heavy atom. The molecule has 38 heavy (non-hydrogen) atoms. The molecule has 0 spiro atoms. The predicted molar refractivity (Wildman–Crippen MR) is 152 cm³/mol. The normalized spacial score (nSPS) is 15.4. The Labute approximate surface area is 227 Å². The van der Waals surface area contributed by atoms with E-state index in [1.165, 1.54) is 5.56 Å². The summed E-state index contributed by atoms with van der Waals surface area (Å²) in [4.78, 5) is 12.2. The molecule has 0 aliphatic rings. The number of aryl methyl sites for hydroxylation is 2. The van der Waals surface area contributed by atoms with Crippen LogP contribution in [0.3, 0.4) is 0 Å².